The summed E-state index contributed by atoms with van der Waals surface area (Å²) < 4.78 is 0. The first-order chi connectivity index (χ1) is 9.22. The molecule has 1 aliphatic heterocycles. The minimum Gasteiger partial charge on any atom is -0.396 e. The second-order valence-corrected chi connectivity index (χ2v) is 5.70. The average molecular weight is 260 g/mol. The van der Waals surface area contributed by atoms with Crippen LogP contribution in [0.25, 0.3) is 0 Å². The number of fused-ring (bicyclic) bond motifs is 1. The second-order valence-electron chi connectivity index (χ2n) is 5.70. The fourth-order valence-corrected chi connectivity index (χ4v) is 2.73. The number of nitrogens with one attached hydrogen (secondary N) is 2. The molecule has 102 valence electrons. The van der Waals surface area contributed by atoms with Gasteiger partial charge in [0.25, 0.3) is 5.91 Å². The lowest BCUT2D eigenvalue weighted by Crippen LogP contribution is -2.30. The van der Waals surface area contributed by atoms with Crippen molar-refractivity contribution in [2.75, 3.05) is 25.0 Å². The van der Waals surface area contributed by atoms with E-state index >= 15 is 0 Å². The van der Waals surface area contributed by atoms with E-state index in [2.05, 4.69) is 10.6 Å². The first kappa shape index (κ1) is 12.5. The largest absolute Gasteiger partial charge is 0.396 e. The van der Waals surface area contributed by atoms with Gasteiger partial charge in [0, 0.05) is 30.9 Å². The summed E-state index contributed by atoms with van der Waals surface area (Å²) in [6.07, 6.45) is 4.05. The maximum Gasteiger partial charge on any atom is 0.251 e. The molecule has 0 bridgehead atoms. The summed E-state index contributed by atoms with van der Waals surface area (Å²) in [4.78, 5) is 12.1. The van der Waals surface area contributed by atoms with Crippen molar-refractivity contribution in [3.05, 3.63) is 29.3 Å². The molecule has 2 aliphatic rings. The van der Waals surface area contributed by atoms with Crippen LogP contribution in [0.15, 0.2) is 18.2 Å². The maximum atomic E-state index is 12.1. The van der Waals surface area contributed by atoms with Crippen LogP contribution in [-0.2, 0) is 6.42 Å². The molecule has 0 unspecified atom stereocenters. The van der Waals surface area contributed by atoms with Gasteiger partial charge in [0.05, 0.1) is 0 Å². The van der Waals surface area contributed by atoms with Crippen LogP contribution in [0.4, 0.5) is 5.69 Å². The molecule has 4 nitrogen and oxygen atoms in total. The summed E-state index contributed by atoms with van der Waals surface area (Å²) >= 11 is 0. The van der Waals surface area contributed by atoms with E-state index in [0.717, 1.165) is 37.9 Å². The highest BCUT2D eigenvalue weighted by Crippen LogP contribution is 2.47. The molecule has 1 amide bonds. The first-order valence-electron chi connectivity index (χ1n) is 6.98. The Morgan fingerprint density at radius 3 is 3.00 bits per heavy atom. The van der Waals surface area contributed by atoms with E-state index < -0.39 is 0 Å². The highest BCUT2D eigenvalue weighted by atomic mass is 16.3. The third-order valence-electron chi connectivity index (χ3n) is 4.31. The van der Waals surface area contributed by atoms with Gasteiger partial charge in [-0.25, -0.2) is 0 Å². The standard InChI is InChI=1S/C15H20N2O2/c18-8-6-15(4-5-15)10-17-14(19)12-2-1-11-3-7-16-13(11)9-12/h1-2,9,16,18H,3-8,10H2,(H,17,19). The summed E-state index contributed by atoms with van der Waals surface area (Å²) in [6.45, 7) is 1.84. The molecule has 1 fully saturated rings. The zero-order chi connectivity index (χ0) is 13.3. The zero-order valence-corrected chi connectivity index (χ0v) is 11.0. The number of hydrogen-bond donors (Lipinski definition) is 3. The van der Waals surface area contributed by atoms with Crippen LogP contribution in [0.3, 0.4) is 0 Å². The lowest BCUT2D eigenvalue weighted by Gasteiger charge is -2.14. The van der Waals surface area contributed by atoms with E-state index in [4.69, 9.17) is 5.11 Å². The lowest BCUT2D eigenvalue weighted by atomic mass is 10.0. The Labute approximate surface area is 113 Å². The van der Waals surface area contributed by atoms with Crippen LogP contribution < -0.4 is 10.6 Å². The van der Waals surface area contributed by atoms with Crippen LogP contribution in [0, 0.1) is 5.41 Å². The molecule has 0 saturated heterocycles. The first-order valence-corrected chi connectivity index (χ1v) is 6.98. The molecule has 0 radical (unpaired) electrons. The Morgan fingerprint density at radius 2 is 2.26 bits per heavy atom. The number of hydrogen-bond acceptors (Lipinski definition) is 3. The zero-order valence-electron chi connectivity index (χ0n) is 11.0. The normalized spacial score (nSPS) is 18.6. The van der Waals surface area contributed by atoms with E-state index in [1.807, 2.05) is 18.2 Å². The fraction of sp³-hybridized carbons (Fsp3) is 0.533. The third-order valence-corrected chi connectivity index (χ3v) is 4.31. The van der Waals surface area contributed by atoms with Crippen molar-refractivity contribution < 1.29 is 9.90 Å². The molecule has 3 rings (SSSR count). The van der Waals surface area contributed by atoms with E-state index in [0.29, 0.717) is 12.1 Å². The summed E-state index contributed by atoms with van der Waals surface area (Å²) in [5.41, 5.74) is 3.26. The molecule has 0 atom stereocenters. The number of rotatable bonds is 5. The highest BCUT2D eigenvalue weighted by Gasteiger charge is 2.41. The molecule has 1 aliphatic carbocycles. The van der Waals surface area contributed by atoms with Gasteiger partial charge in [0.2, 0.25) is 0 Å². The molecule has 4 heteroatoms. The molecule has 1 aromatic carbocycles. The van der Waals surface area contributed by atoms with Gasteiger partial charge >= 0.3 is 0 Å². The van der Waals surface area contributed by atoms with E-state index in [1.165, 1.54) is 5.56 Å². The molecule has 1 saturated carbocycles. The van der Waals surface area contributed by atoms with Gasteiger partial charge in [0.1, 0.15) is 0 Å². The van der Waals surface area contributed by atoms with E-state index in [9.17, 15) is 4.79 Å². The lowest BCUT2D eigenvalue weighted by molar-refractivity contribution is 0.0941. The van der Waals surface area contributed by atoms with Crippen LogP contribution >= 0.6 is 0 Å². The minimum absolute atomic E-state index is 0.0132. The number of benzene rings is 1. The van der Waals surface area contributed by atoms with Crippen LogP contribution in [-0.4, -0.2) is 30.7 Å². The number of carbonyl (C=O) groups excluding carboxylic acids is 1. The molecule has 1 heterocycles. The summed E-state index contributed by atoms with van der Waals surface area (Å²) in [5.74, 6) is -0.0132. The van der Waals surface area contributed by atoms with E-state index in [-0.39, 0.29) is 17.9 Å². The van der Waals surface area contributed by atoms with Gasteiger partial charge in [-0.2, -0.15) is 0 Å². The molecule has 3 N–H and O–H groups in total. The van der Waals surface area contributed by atoms with Crippen molar-refractivity contribution in [3.8, 4) is 0 Å². The number of aliphatic hydroxyl groups excluding tert-OH is 1. The van der Waals surface area contributed by atoms with Gasteiger partial charge in [0.15, 0.2) is 0 Å². The quantitative estimate of drug-likeness (QED) is 0.752. The van der Waals surface area contributed by atoms with Gasteiger partial charge in [-0.05, 0) is 48.8 Å². The molecule has 19 heavy (non-hydrogen) atoms. The van der Waals surface area contributed by atoms with Crippen LogP contribution in [0.2, 0.25) is 0 Å². The van der Waals surface area contributed by atoms with Crippen LogP contribution in [0.5, 0.6) is 0 Å². The Kier molecular flexibility index (Phi) is 3.19. The molecule has 0 spiro atoms. The third kappa shape index (κ3) is 2.59. The fourth-order valence-electron chi connectivity index (χ4n) is 2.73. The smallest absolute Gasteiger partial charge is 0.251 e. The van der Waals surface area contributed by atoms with Gasteiger partial charge in [-0.15, -0.1) is 0 Å². The number of aliphatic hydroxyl groups is 1. The average Bonchev–Trinajstić information content (AvgIpc) is 3.02. The molecule has 1 aromatic rings. The molecular weight excluding hydrogens is 240 g/mol. The number of carbonyl (C=O) groups is 1. The van der Waals surface area contributed by atoms with Crippen molar-refractivity contribution in [1.82, 2.24) is 5.32 Å². The van der Waals surface area contributed by atoms with Gasteiger partial charge < -0.3 is 15.7 Å². The Balaban J connectivity index is 1.61. The SMILES string of the molecule is O=C(NCC1(CCO)CC1)c1ccc2c(c1)NCC2. The van der Waals surface area contributed by atoms with Gasteiger partial charge in [-0.3, -0.25) is 4.79 Å². The van der Waals surface area contributed by atoms with Crippen molar-refractivity contribution in [3.63, 3.8) is 0 Å². The highest BCUT2D eigenvalue weighted by molar-refractivity contribution is 5.95. The van der Waals surface area contributed by atoms with Crippen molar-refractivity contribution in [2.24, 2.45) is 5.41 Å². The van der Waals surface area contributed by atoms with Gasteiger partial charge in [-0.1, -0.05) is 6.07 Å². The Bertz CT molecular complexity index is 495. The maximum absolute atomic E-state index is 12.1. The monoisotopic (exact) mass is 260 g/mol. The second kappa shape index (κ2) is 4.85. The van der Waals surface area contributed by atoms with E-state index in [1.54, 1.807) is 0 Å². The van der Waals surface area contributed by atoms with Crippen molar-refractivity contribution in [2.45, 2.75) is 25.7 Å². The van der Waals surface area contributed by atoms with Crippen LogP contribution in [0.1, 0.15) is 35.2 Å². The van der Waals surface area contributed by atoms with Crippen molar-refractivity contribution >= 4 is 11.6 Å². The topological polar surface area (TPSA) is 61.4 Å². The predicted molar refractivity (Wildman–Crippen MR) is 74.3 cm³/mol. The number of amides is 1. The Morgan fingerprint density at radius 1 is 1.42 bits per heavy atom. The molecular formula is C15H20N2O2. The number of anilines is 1. The Hall–Kier alpha value is -1.55. The summed E-state index contributed by atoms with van der Waals surface area (Å²) in [6, 6.07) is 5.86. The molecule has 0 aromatic heterocycles. The van der Waals surface area contributed by atoms with Crippen molar-refractivity contribution in [1.29, 1.82) is 0 Å². The summed E-state index contributed by atoms with van der Waals surface area (Å²) in [5, 5.41) is 15.3. The summed E-state index contributed by atoms with van der Waals surface area (Å²) in [7, 11) is 0. The minimum atomic E-state index is -0.0132. The predicted octanol–water partition coefficient (Wildman–Crippen LogP) is 1.55.